The van der Waals surface area contributed by atoms with Gasteiger partial charge in [0.05, 0.1) is 16.6 Å². The fourth-order valence-electron chi connectivity index (χ4n) is 2.80. The van der Waals surface area contributed by atoms with Crippen molar-refractivity contribution < 1.29 is 21.6 Å². The van der Waals surface area contributed by atoms with E-state index in [1.54, 1.807) is 6.07 Å². The van der Waals surface area contributed by atoms with Crippen molar-refractivity contribution in [1.29, 1.82) is 0 Å². The Morgan fingerprint density at radius 3 is 2.48 bits per heavy atom. The zero-order valence-corrected chi connectivity index (χ0v) is 17.0. The molecule has 1 fully saturated rings. The molecule has 0 amide bonds. The first kappa shape index (κ1) is 20.2. The van der Waals surface area contributed by atoms with E-state index < -0.39 is 38.4 Å². The van der Waals surface area contributed by atoms with Gasteiger partial charge in [0.2, 0.25) is 10.0 Å². The molecule has 1 atom stereocenters. The molecule has 0 spiro atoms. The molecule has 10 heteroatoms. The zero-order valence-electron chi connectivity index (χ0n) is 14.0. The molecule has 1 saturated heterocycles. The normalized spacial score (nSPS) is 17.6. The summed E-state index contributed by atoms with van der Waals surface area (Å²) in [6.07, 6.45) is 1.16. The van der Waals surface area contributed by atoms with E-state index in [0.717, 1.165) is 18.7 Å². The number of anilines is 3. The predicted molar refractivity (Wildman–Crippen MR) is 107 cm³/mol. The lowest BCUT2D eigenvalue weighted by atomic mass is 10.2. The minimum absolute atomic E-state index is 0.0975. The first-order valence-electron chi connectivity index (χ1n) is 8.20. The summed E-state index contributed by atoms with van der Waals surface area (Å²) < 4.78 is 70.3. The molecule has 0 aliphatic carbocycles. The summed E-state index contributed by atoms with van der Waals surface area (Å²) in [4.78, 5) is 0. The fraction of sp³-hybridized carbons (Fsp3) is 0.294. The van der Waals surface area contributed by atoms with Crippen molar-refractivity contribution >= 4 is 49.7 Å². The number of benzene rings is 2. The van der Waals surface area contributed by atoms with Crippen LogP contribution in [0.25, 0.3) is 0 Å². The number of nitrogens with one attached hydrogen (secondary N) is 3. The zero-order chi connectivity index (χ0) is 19.6. The lowest BCUT2D eigenvalue weighted by Gasteiger charge is -2.24. The van der Waals surface area contributed by atoms with Crippen molar-refractivity contribution in [2.24, 2.45) is 0 Å². The second kappa shape index (κ2) is 8.23. The molecule has 27 heavy (non-hydrogen) atoms. The molecule has 1 aliphatic heterocycles. The fourth-order valence-corrected chi connectivity index (χ4v) is 4.72. The van der Waals surface area contributed by atoms with Gasteiger partial charge in [-0.2, -0.15) is 0 Å². The molecule has 0 saturated carbocycles. The topological polar surface area (TPSA) is 70.2 Å². The minimum Gasteiger partial charge on any atom is -0.349 e. The molecule has 1 unspecified atom stereocenters. The first-order valence-corrected chi connectivity index (χ1v) is 10.8. The number of sulfonamides is 1. The lowest BCUT2D eigenvalue weighted by Crippen LogP contribution is -2.41. The van der Waals surface area contributed by atoms with Gasteiger partial charge >= 0.3 is 0 Å². The molecular formula is C17H17F3IN3O2S. The van der Waals surface area contributed by atoms with Gasteiger partial charge in [0.1, 0.15) is 11.5 Å². The maximum Gasteiger partial charge on any atom is 0.236 e. The minimum atomic E-state index is -3.83. The summed E-state index contributed by atoms with van der Waals surface area (Å²) in [7, 11) is -3.83. The molecule has 2 aromatic carbocycles. The second-order valence-electron chi connectivity index (χ2n) is 6.15. The van der Waals surface area contributed by atoms with Gasteiger partial charge in [0.25, 0.3) is 0 Å². The van der Waals surface area contributed by atoms with E-state index in [9.17, 15) is 21.6 Å². The van der Waals surface area contributed by atoms with E-state index in [2.05, 4.69) is 15.4 Å². The van der Waals surface area contributed by atoms with Crippen molar-refractivity contribution in [3.8, 4) is 0 Å². The van der Waals surface area contributed by atoms with E-state index in [0.29, 0.717) is 16.4 Å². The van der Waals surface area contributed by atoms with Gasteiger partial charge in [0, 0.05) is 10.1 Å². The Kier molecular flexibility index (Phi) is 6.16. The third-order valence-electron chi connectivity index (χ3n) is 4.23. The van der Waals surface area contributed by atoms with Crippen LogP contribution >= 0.6 is 22.6 Å². The number of halogens is 4. The highest BCUT2D eigenvalue weighted by atomic mass is 127. The summed E-state index contributed by atoms with van der Waals surface area (Å²) in [6, 6.07) is 6.10. The van der Waals surface area contributed by atoms with Crippen LogP contribution in [0.3, 0.4) is 0 Å². The molecule has 0 radical (unpaired) electrons. The number of piperidine rings is 1. The maximum absolute atomic E-state index is 14.4. The van der Waals surface area contributed by atoms with Gasteiger partial charge in [0.15, 0.2) is 11.6 Å². The van der Waals surface area contributed by atoms with Gasteiger partial charge < -0.3 is 10.6 Å². The maximum atomic E-state index is 14.4. The standard InChI is InChI=1S/C17H17F3IN3O2S/c18-12-4-6-15(24-27(25,26)11-2-1-7-22-9-11)17(16(12)20)23-14-5-3-10(21)8-13(14)19/h3-6,8,11,22-24H,1-2,7,9H2. The smallest absolute Gasteiger partial charge is 0.236 e. The highest BCUT2D eigenvalue weighted by molar-refractivity contribution is 14.1. The summed E-state index contributed by atoms with van der Waals surface area (Å²) in [5, 5.41) is 4.77. The van der Waals surface area contributed by atoms with Crippen LogP contribution in [-0.2, 0) is 10.0 Å². The van der Waals surface area contributed by atoms with E-state index in [-0.39, 0.29) is 17.9 Å². The van der Waals surface area contributed by atoms with Gasteiger partial charge in [-0.25, -0.2) is 21.6 Å². The van der Waals surface area contributed by atoms with E-state index >= 15 is 0 Å². The number of hydrogen-bond acceptors (Lipinski definition) is 4. The quantitative estimate of drug-likeness (QED) is 0.532. The molecule has 5 nitrogen and oxygen atoms in total. The average Bonchev–Trinajstić information content (AvgIpc) is 2.63. The van der Waals surface area contributed by atoms with E-state index in [1.807, 2.05) is 22.6 Å². The van der Waals surface area contributed by atoms with E-state index in [1.165, 1.54) is 12.1 Å². The highest BCUT2D eigenvalue weighted by Gasteiger charge is 2.28. The Labute approximate surface area is 168 Å². The SMILES string of the molecule is O=S(=O)(Nc1ccc(F)c(F)c1Nc1ccc(I)cc1F)C1CCCNC1. The molecule has 3 N–H and O–H groups in total. The van der Waals surface area contributed by atoms with Crippen molar-refractivity contribution in [2.75, 3.05) is 23.1 Å². The number of hydrogen-bond donors (Lipinski definition) is 3. The molecule has 1 heterocycles. The third-order valence-corrected chi connectivity index (χ3v) is 6.68. The molecule has 146 valence electrons. The Morgan fingerprint density at radius 2 is 1.81 bits per heavy atom. The molecule has 3 rings (SSSR count). The van der Waals surface area contributed by atoms with Crippen molar-refractivity contribution in [2.45, 2.75) is 18.1 Å². The first-order chi connectivity index (χ1) is 12.8. The van der Waals surface area contributed by atoms with Crippen LogP contribution in [0.2, 0.25) is 0 Å². The summed E-state index contributed by atoms with van der Waals surface area (Å²) in [6.45, 7) is 1.00. The average molecular weight is 511 g/mol. The van der Waals surface area contributed by atoms with Crippen molar-refractivity contribution in [3.63, 3.8) is 0 Å². The van der Waals surface area contributed by atoms with Gasteiger partial charge in [-0.15, -0.1) is 0 Å². The van der Waals surface area contributed by atoms with Crippen LogP contribution in [0.15, 0.2) is 30.3 Å². The highest BCUT2D eigenvalue weighted by Crippen LogP contribution is 2.33. The molecule has 2 aromatic rings. The Bertz CT molecular complexity index is 951. The van der Waals surface area contributed by atoms with Crippen molar-refractivity contribution in [3.05, 3.63) is 51.4 Å². The van der Waals surface area contributed by atoms with Gasteiger partial charge in [-0.05, 0) is 72.3 Å². The Morgan fingerprint density at radius 1 is 1.07 bits per heavy atom. The number of rotatable bonds is 5. The monoisotopic (exact) mass is 511 g/mol. The molecule has 0 bridgehead atoms. The van der Waals surface area contributed by atoms with E-state index in [4.69, 9.17) is 0 Å². The largest absolute Gasteiger partial charge is 0.349 e. The van der Waals surface area contributed by atoms with Crippen molar-refractivity contribution in [1.82, 2.24) is 5.32 Å². The van der Waals surface area contributed by atoms with Crippen LogP contribution in [0.4, 0.5) is 30.2 Å². The van der Waals surface area contributed by atoms with Gasteiger partial charge in [-0.1, -0.05) is 0 Å². The summed E-state index contributed by atoms with van der Waals surface area (Å²) in [5.74, 6) is -3.14. The third kappa shape index (κ3) is 4.66. The Balaban J connectivity index is 1.95. The Hall–Kier alpha value is -1.53. The summed E-state index contributed by atoms with van der Waals surface area (Å²) in [5.41, 5.74) is -0.750. The molecule has 0 aromatic heterocycles. The second-order valence-corrected chi connectivity index (χ2v) is 9.35. The van der Waals surface area contributed by atoms with Crippen LogP contribution in [-0.4, -0.2) is 26.8 Å². The molecular weight excluding hydrogens is 494 g/mol. The van der Waals surface area contributed by atoms with Gasteiger partial charge in [-0.3, -0.25) is 4.72 Å². The predicted octanol–water partition coefficient (Wildman–Crippen LogP) is 3.95. The van der Waals surface area contributed by atoms with Crippen LogP contribution in [0.5, 0.6) is 0 Å². The van der Waals surface area contributed by atoms with Crippen LogP contribution in [0, 0.1) is 21.0 Å². The van der Waals surface area contributed by atoms with Crippen LogP contribution < -0.4 is 15.4 Å². The lowest BCUT2D eigenvalue weighted by molar-refractivity contribution is 0.499. The van der Waals surface area contributed by atoms with Crippen LogP contribution in [0.1, 0.15) is 12.8 Å². The molecule has 1 aliphatic rings. The summed E-state index contributed by atoms with van der Waals surface area (Å²) >= 11 is 1.91.